The number of ether oxygens (including phenoxy) is 1. The highest BCUT2D eigenvalue weighted by Gasteiger charge is 2.23. The van der Waals surface area contributed by atoms with E-state index in [0.29, 0.717) is 23.9 Å². The molecule has 2 aromatic heterocycles. The Morgan fingerprint density at radius 3 is 2.70 bits per heavy atom. The molecular formula is C21H23FN2O2S. The van der Waals surface area contributed by atoms with Crippen LogP contribution in [0, 0.1) is 5.82 Å². The van der Waals surface area contributed by atoms with Gasteiger partial charge in [-0.3, -0.25) is 4.90 Å². The minimum Gasteiger partial charge on any atom is -0.460 e. The number of furan rings is 1. The first kappa shape index (κ1) is 18.4. The number of nitrogens with one attached hydrogen (secondary N) is 1. The summed E-state index contributed by atoms with van der Waals surface area (Å²) in [5.41, 5.74) is 0.494. The minimum absolute atomic E-state index is 0.267. The molecule has 0 aliphatic carbocycles. The van der Waals surface area contributed by atoms with Crippen LogP contribution in [0.5, 0.6) is 0 Å². The van der Waals surface area contributed by atoms with Gasteiger partial charge in [0.2, 0.25) is 0 Å². The lowest BCUT2D eigenvalue weighted by molar-refractivity contribution is 0.0167. The van der Waals surface area contributed by atoms with Crippen molar-refractivity contribution in [2.75, 3.05) is 32.8 Å². The first-order valence-corrected chi connectivity index (χ1v) is 10.1. The maximum Gasteiger partial charge on any atom is 0.137 e. The smallest absolute Gasteiger partial charge is 0.137 e. The number of hydrogen-bond acceptors (Lipinski definition) is 5. The molecule has 6 heteroatoms. The van der Waals surface area contributed by atoms with Crippen LogP contribution >= 0.6 is 11.3 Å². The van der Waals surface area contributed by atoms with Gasteiger partial charge in [-0.1, -0.05) is 18.2 Å². The van der Waals surface area contributed by atoms with Crippen molar-refractivity contribution in [2.24, 2.45) is 0 Å². The summed E-state index contributed by atoms with van der Waals surface area (Å²) in [5.74, 6) is 1.10. The monoisotopic (exact) mass is 386 g/mol. The van der Waals surface area contributed by atoms with Crippen molar-refractivity contribution in [3.05, 3.63) is 70.4 Å². The summed E-state index contributed by atoms with van der Waals surface area (Å²) in [5, 5.41) is 5.62. The summed E-state index contributed by atoms with van der Waals surface area (Å²) >= 11 is 1.79. The molecule has 4 nitrogen and oxygen atoms in total. The van der Waals surface area contributed by atoms with E-state index in [2.05, 4.69) is 27.7 Å². The van der Waals surface area contributed by atoms with Gasteiger partial charge in [-0.15, -0.1) is 11.3 Å². The Balaban J connectivity index is 1.38. The molecule has 1 fully saturated rings. The van der Waals surface area contributed by atoms with Crippen LogP contribution < -0.4 is 5.32 Å². The van der Waals surface area contributed by atoms with Gasteiger partial charge in [0, 0.05) is 24.5 Å². The summed E-state index contributed by atoms with van der Waals surface area (Å²) in [4.78, 5) is 3.82. The second-order valence-corrected chi connectivity index (χ2v) is 7.54. The van der Waals surface area contributed by atoms with Gasteiger partial charge in [-0.2, -0.15) is 0 Å². The van der Waals surface area contributed by atoms with E-state index in [1.807, 2.05) is 18.2 Å². The molecule has 0 amide bonds. The molecule has 1 aromatic carbocycles. The van der Waals surface area contributed by atoms with Crippen LogP contribution in [0.4, 0.5) is 4.39 Å². The van der Waals surface area contributed by atoms with Gasteiger partial charge in [0.05, 0.1) is 31.4 Å². The van der Waals surface area contributed by atoms with E-state index < -0.39 is 0 Å². The molecule has 1 aliphatic rings. The predicted octanol–water partition coefficient (Wildman–Crippen LogP) is 4.31. The first-order valence-electron chi connectivity index (χ1n) is 9.21. The molecule has 0 bridgehead atoms. The van der Waals surface area contributed by atoms with Crippen molar-refractivity contribution in [1.82, 2.24) is 10.2 Å². The highest BCUT2D eigenvalue weighted by Crippen LogP contribution is 2.27. The van der Waals surface area contributed by atoms with Crippen molar-refractivity contribution in [2.45, 2.75) is 12.6 Å². The Morgan fingerprint density at radius 1 is 1.07 bits per heavy atom. The lowest BCUT2D eigenvalue weighted by Gasteiger charge is -2.34. The number of thiophene rings is 1. The van der Waals surface area contributed by atoms with E-state index in [4.69, 9.17) is 9.15 Å². The van der Waals surface area contributed by atoms with Crippen LogP contribution in [0.25, 0.3) is 11.3 Å². The van der Waals surface area contributed by atoms with E-state index in [9.17, 15) is 4.39 Å². The van der Waals surface area contributed by atoms with E-state index in [1.54, 1.807) is 23.5 Å². The molecule has 1 atom stereocenters. The Morgan fingerprint density at radius 2 is 1.93 bits per heavy atom. The number of nitrogens with zero attached hydrogens (tertiary/aromatic N) is 1. The van der Waals surface area contributed by atoms with E-state index in [1.165, 1.54) is 10.9 Å². The van der Waals surface area contributed by atoms with Gasteiger partial charge in [-0.25, -0.2) is 4.39 Å². The van der Waals surface area contributed by atoms with Gasteiger partial charge in [0.15, 0.2) is 0 Å². The van der Waals surface area contributed by atoms with Crippen molar-refractivity contribution in [3.63, 3.8) is 0 Å². The number of rotatable bonds is 7. The largest absolute Gasteiger partial charge is 0.460 e. The van der Waals surface area contributed by atoms with E-state index in [0.717, 1.165) is 38.6 Å². The molecule has 1 aliphatic heterocycles. The lowest BCUT2D eigenvalue weighted by atomic mass is 10.1. The zero-order chi connectivity index (χ0) is 18.5. The highest BCUT2D eigenvalue weighted by molar-refractivity contribution is 7.10. The Hall–Kier alpha value is -1.99. The van der Waals surface area contributed by atoms with Crippen LogP contribution in [0.1, 0.15) is 16.7 Å². The fourth-order valence-electron chi connectivity index (χ4n) is 3.39. The number of benzene rings is 1. The van der Waals surface area contributed by atoms with Crippen molar-refractivity contribution < 1.29 is 13.5 Å². The van der Waals surface area contributed by atoms with Crippen LogP contribution in [0.15, 0.2) is 58.3 Å². The molecule has 3 aromatic rings. The zero-order valence-electron chi connectivity index (χ0n) is 15.1. The summed E-state index contributed by atoms with van der Waals surface area (Å²) in [6.07, 6.45) is 0. The highest BCUT2D eigenvalue weighted by atomic mass is 32.1. The molecule has 27 heavy (non-hydrogen) atoms. The fourth-order valence-corrected chi connectivity index (χ4v) is 4.25. The number of morpholine rings is 1. The Labute approximate surface area is 162 Å². The Kier molecular flexibility index (Phi) is 5.99. The van der Waals surface area contributed by atoms with Gasteiger partial charge < -0.3 is 14.5 Å². The molecule has 1 N–H and O–H groups in total. The summed E-state index contributed by atoms with van der Waals surface area (Å²) in [6, 6.07) is 15.0. The van der Waals surface area contributed by atoms with Gasteiger partial charge in [0.1, 0.15) is 17.3 Å². The standard InChI is InChI=1S/C21H23FN2O2S/c22-18-5-2-1-4-17(18)20-8-7-16(26-20)14-23-15-19(21-6-3-13-27-21)24-9-11-25-12-10-24/h1-8,13,19,23H,9-12,14-15H2/t19-/m1/s1. The third kappa shape index (κ3) is 4.47. The van der Waals surface area contributed by atoms with Crippen LogP contribution in [0.3, 0.4) is 0 Å². The normalized spacial score (nSPS) is 16.5. The van der Waals surface area contributed by atoms with Gasteiger partial charge in [-0.05, 0) is 35.7 Å². The van der Waals surface area contributed by atoms with Crippen LogP contribution in [-0.2, 0) is 11.3 Å². The van der Waals surface area contributed by atoms with Gasteiger partial charge >= 0.3 is 0 Å². The molecule has 4 rings (SSSR count). The third-order valence-electron chi connectivity index (χ3n) is 4.80. The van der Waals surface area contributed by atoms with Crippen molar-refractivity contribution >= 4 is 11.3 Å². The molecule has 1 saturated heterocycles. The predicted molar refractivity (Wildman–Crippen MR) is 105 cm³/mol. The SMILES string of the molecule is Fc1ccccc1-c1ccc(CNC[C@H](c2cccs2)N2CCOCC2)o1. The third-order valence-corrected chi connectivity index (χ3v) is 5.77. The average Bonchev–Trinajstić information content (AvgIpc) is 3.39. The molecule has 0 radical (unpaired) electrons. The first-order chi connectivity index (χ1) is 13.3. The maximum atomic E-state index is 13.9. The molecule has 142 valence electrons. The van der Waals surface area contributed by atoms with Crippen LogP contribution in [-0.4, -0.2) is 37.7 Å². The topological polar surface area (TPSA) is 37.6 Å². The molecule has 0 unspecified atom stereocenters. The van der Waals surface area contributed by atoms with Crippen molar-refractivity contribution in [3.8, 4) is 11.3 Å². The molecule has 0 spiro atoms. The quantitative estimate of drug-likeness (QED) is 0.657. The number of halogens is 1. The van der Waals surface area contributed by atoms with E-state index in [-0.39, 0.29) is 5.82 Å². The lowest BCUT2D eigenvalue weighted by Crippen LogP contribution is -2.42. The van der Waals surface area contributed by atoms with E-state index >= 15 is 0 Å². The maximum absolute atomic E-state index is 13.9. The minimum atomic E-state index is -0.267. The van der Waals surface area contributed by atoms with Crippen LogP contribution in [0.2, 0.25) is 0 Å². The summed E-state index contributed by atoms with van der Waals surface area (Å²) in [7, 11) is 0. The molecular weight excluding hydrogens is 363 g/mol. The molecule has 3 heterocycles. The second-order valence-electron chi connectivity index (χ2n) is 6.56. The molecule has 0 saturated carbocycles. The average molecular weight is 386 g/mol. The zero-order valence-corrected chi connectivity index (χ0v) is 15.9. The van der Waals surface area contributed by atoms with Crippen molar-refractivity contribution in [1.29, 1.82) is 0 Å². The number of hydrogen-bond donors (Lipinski definition) is 1. The summed E-state index contributed by atoms with van der Waals surface area (Å²) < 4.78 is 25.2. The fraction of sp³-hybridized carbons (Fsp3) is 0.333. The summed E-state index contributed by atoms with van der Waals surface area (Å²) in [6.45, 7) is 4.90. The second kappa shape index (κ2) is 8.80. The van der Waals surface area contributed by atoms with Gasteiger partial charge in [0.25, 0.3) is 0 Å². The Bertz CT molecular complexity index is 844.